The number of nitrogens with one attached hydrogen (secondary N) is 2. The smallest absolute Gasteiger partial charge is 0.360 e. The number of H-pyrrole nitrogens is 1. The first-order valence-corrected chi connectivity index (χ1v) is 9.20. The SMILES string of the molecule is Cc1cc(NS(=O)(=O)c2c[nH]c(-c3ccccc3)c2)c(F)cc1C(F)(F)F. The van der Waals surface area contributed by atoms with Crippen LogP contribution in [0, 0.1) is 12.7 Å². The second-order valence-electron chi connectivity index (χ2n) is 5.87. The maximum Gasteiger partial charge on any atom is 0.416 e. The molecule has 0 aliphatic carbocycles. The highest BCUT2D eigenvalue weighted by atomic mass is 32.2. The summed E-state index contributed by atoms with van der Waals surface area (Å²) < 4.78 is 79.4. The van der Waals surface area contributed by atoms with Crippen molar-refractivity contribution in [1.82, 2.24) is 4.98 Å². The Labute approximate surface area is 152 Å². The van der Waals surface area contributed by atoms with Gasteiger partial charge in [-0.3, -0.25) is 4.72 Å². The molecule has 142 valence electrons. The zero-order valence-electron chi connectivity index (χ0n) is 13.9. The van der Waals surface area contributed by atoms with Gasteiger partial charge in [-0.25, -0.2) is 12.8 Å². The van der Waals surface area contributed by atoms with Crippen LogP contribution in [0.5, 0.6) is 0 Å². The summed E-state index contributed by atoms with van der Waals surface area (Å²) in [6.07, 6.45) is -3.51. The molecule has 0 unspecified atom stereocenters. The van der Waals surface area contributed by atoms with Crippen molar-refractivity contribution in [3.8, 4) is 11.3 Å². The Kier molecular flexibility index (Phi) is 4.73. The number of anilines is 1. The minimum atomic E-state index is -4.73. The number of hydrogen-bond donors (Lipinski definition) is 2. The van der Waals surface area contributed by atoms with Crippen molar-refractivity contribution in [3.05, 3.63) is 71.7 Å². The van der Waals surface area contributed by atoms with Crippen LogP contribution in [-0.2, 0) is 16.2 Å². The zero-order chi connectivity index (χ0) is 19.8. The lowest BCUT2D eigenvalue weighted by Gasteiger charge is -2.14. The first-order valence-electron chi connectivity index (χ1n) is 7.72. The van der Waals surface area contributed by atoms with Crippen LogP contribution < -0.4 is 4.72 Å². The highest BCUT2D eigenvalue weighted by molar-refractivity contribution is 7.92. The molecule has 0 amide bonds. The van der Waals surface area contributed by atoms with Gasteiger partial charge in [0.15, 0.2) is 0 Å². The van der Waals surface area contributed by atoms with Crippen molar-refractivity contribution in [3.63, 3.8) is 0 Å². The largest absolute Gasteiger partial charge is 0.416 e. The average Bonchev–Trinajstić information content (AvgIpc) is 3.08. The van der Waals surface area contributed by atoms with Gasteiger partial charge in [0.05, 0.1) is 11.3 Å². The summed E-state index contributed by atoms with van der Waals surface area (Å²) >= 11 is 0. The summed E-state index contributed by atoms with van der Waals surface area (Å²) in [4.78, 5) is 2.64. The maximum absolute atomic E-state index is 14.0. The Bertz CT molecular complexity index is 1070. The molecular formula is C18H14F4N2O2S. The van der Waals surface area contributed by atoms with Gasteiger partial charge < -0.3 is 4.98 Å². The van der Waals surface area contributed by atoms with Crippen molar-refractivity contribution in [2.45, 2.75) is 18.0 Å². The number of aromatic amines is 1. The lowest BCUT2D eigenvalue weighted by molar-refractivity contribution is -0.138. The number of hydrogen-bond acceptors (Lipinski definition) is 2. The Morgan fingerprint density at radius 2 is 1.70 bits per heavy atom. The quantitative estimate of drug-likeness (QED) is 0.611. The van der Waals surface area contributed by atoms with Gasteiger partial charge in [0.1, 0.15) is 10.7 Å². The van der Waals surface area contributed by atoms with Crippen LogP contribution in [0.3, 0.4) is 0 Å². The third kappa shape index (κ3) is 3.97. The fourth-order valence-electron chi connectivity index (χ4n) is 2.58. The van der Waals surface area contributed by atoms with Crippen LogP contribution in [0.4, 0.5) is 23.2 Å². The Morgan fingerprint density at radius 3 is 2.33 bits per heavy atom. The van der Waals surface area contributed by atoms with Crippen LogP contribution in [0.1, 0.15) is 11.1 Å². The van der Waals surface area contributed by atoms with Crippen molar-refractivity contribution >= 4 is 15.7 Å². The highest BCUT2D eigenvalue weighted by Crippen LogP contribution is 2.35. The van der Waals surface area contributed by atoms with E-state index >= 15 is 0 Å². The van der Waals surface area contributed by atoms with Gasteiger partial charge in [0.2, 0.25) is 0 Å². The number of rotatable bonds is 4. The summed E-state index contributed by atoms with van der Waals surface area (Å²) in [6.45, 7) is 1.13. The molecule has 0 spiro atoms. The summed E-state index contributed by atoms with van der Waals surface area (Å²) in [5, 5.41) is 0. The number of sulfonamides is 1. The molecule has 3 aromatic rings. The number of benzene rings is 2. The molecule has 0 bridgehead atoms. The number of aryl methyl sites for hydroxylation is 1. The molecule has 2 N–H and O–H groups in total. The molecule has 0 aliphatic rings. The molecule has 0 saturated carbocycles. The van der Waals surface area contributed by atoms with E-state index in [9.17, 15) is 26.0 Å². The molecule has 0 saturated heterocycles. The van der Waals surface area contributed by atoms with E-state index in [-0.39, 0.29) is 16.5 Å². The molecule has 4 nitrogen and oxygen atoms in total. The van der Waals surface area contributed by atoms with E-state index in [4.69, 9.17) is 0 Å². The predicted octanol–water partition coefficient (Wildman–Crippen LogP) is 4.95. The molecule has 0 fully saturated rings. The molecule has 0 radical (unpaired) electrons. The zero-order valence-corrected chi connectivity index (χ0v) is 14.7. The van der Waals surface area contributed by atoms with E-state index in [2.05, 4.69) is 4.98 Å². The van der Waals surface area contributed by atoms with E-state index in [0.29, 0.717) is 5.69 Å². The molecular weight excluding hydrogens is 384 g/mol. The summed E-state index contributed by atoms with van der Waals surface area (Å²) in [6, 6.07) is 11.4. The Balaban J connectivity index is 1.92. The van der Waals surface area contributed by atoms with Gasteiger partial charge in [-0.2, -0.15) is 13.2 Å². The van der Waals surface area contributed by atoms with Gasteiger partial charge in [-0.1, -0.05) is 30.3 Å². The van der Waals surface area contributed by atoms with E-state index in [0.717, 1.165) is 18.6 Å². The van der Waals surface area contributed by atoms with Gasteiger partial charge in [0.25, 0.3) is 10.0 Å². The Morgan fingerprint density at radius 1 is 1.04 bits per heavy atom. The van der Waals surface area contributed by atoms with E-state index in [1.807, 2.05) is 4.72 Å². The van der Waals surface area contributed by atoms with Gasteiger partial charge in [-0.05, 0) is 36.2 Å². The maximum atomic E-state index is 14.0. The molecule has 0 aliphatic heterocycles. The molecule has 0 atom stereocenters. The van der Waals surface area contributed by atoms with Crippen molar-refractivity contribution in [2.24, 2.45) is 0 Å². The summed E-state index contributed by atoms with van der Waals surface area (Å²) in [5.41, 5.74) is -0.727. The number of halogens is 4. The third-order valence-corrected chi connectivity index (χ3v) is 5.26. The monoisotopic (exact) mass is 398 g/mol. The molecule has 1 heterocycles. The van der Waals surface area contributed by atoms with Crippen LogP contribution >= 0.6 is 0 Å². The van der Waals surface area contributed by atoms with Crippen molar-refractivity contribution < 1.29 is 26.0 Å². The molecule has 9 heteroatoms. The van der Waals surface area contributed by atoms with Gasteiger partial charge >= 0.3 is 6.18 Å². The highest BCUT2D eigenvalue weighted by Gasteiger charge is 2.33. The summed E-state index contributed by atoms with van der Waals surface area (Å²) in [7, 11) is -4.19. The summed E-state index contributed by atoms with van der Waals surface area (Å²) in [5.74, 6) is -1.31. The standard InChI is InChI=1S/C18H14F4N2O2S/c1-11-7-17(15(19)9-14(11)18(20,21)22)24-27(25,26)13-8-16(23-10-13)12-5-3-2-4-6-12/h2-10,23-24H,1H3. The molecule has 1 aromatic heterocycles. The van der Waals surface area contributed by atoms with Gasteiger partial charge in [0, 0.05) is 11.9 Å². The normalized spacial score (nSPS) is 12.2. The second kappa shape index (κ2) is 6.73. The lowest BCUT2D eigenvalue weighted by atomic mass is 10.1. The van der Waals surface area contributed by atoms with E-state index in [1.54, 1.807) is 30.3 Å². The first-order chi connectivity index (χ1) is 12.6. The third-order valence-electron chi connectivity index (χ3n) is 3.92. The minimum Gasteiger partial charge on any atom is -0.360 e. The van der Waals surface area contributed by atoms with Crippen LogP contribution in [0.25, 0.3) is 11.3 Å². The first kappa shape index (κ1) is 19.0. The van der Waals surface area contributed by atoms with E-state index in [1.165, 1.54) is 12.3 Å². The van der Waals surface area contributed by atoms with Crippen LogP contribution in [0.15, 0.2) is 59.6 Å². The lowest BCUT2D eigenvalue weighted by Crippen LogP contribution is -2.15. The number of aromatic nitrogens is 1. The van der Waals surface area contributed by atoms with Crippen LogP contribution in [-0.4, -0.2) is 13.4 Å². The number of alkyl halides is 3. The second-order valence-corrected chi connectivity index (χ2v) is 7.55. The Hall–Kier alpha value is -2.81. The topological polar surface area (TPSA) is 62.0 Å². The van der Waals surface area contributed by atoms with Crippen LogP contribution in [0.2, 0.25) is 0 Å². The van der Waals surface area contributed by atoms with Crippen molar-refractivity contribution in [1.29, 1.82) is 0 Å². The fraction of sp³-hybridized carbons (Fsp3) is 0.111. The minimum absolute atomic E-state index is 0.168. The van der Waals surface area contributed by atoms with Gasteiger partial charge in [-0.15, -0.1) is 0 Å². The molecule has 3 rings (SSSR count). The average molecular weight is 398 g/mol. The molecule has 2 aromatic carbocycles. The van der Waals surface area contributed by atoms with E-state index < -0.39 is 33.3 Å². The predicted molar refractivity (Wildman–Crippen MR) is 93.2 cm³/mol. The van der Waals surface area contributed by atoms with Crippen molar-refractivity contribution in [2.75, 3.05) is 4.72 Å². The molecule has 27 heavy (non-hydrogen) atoms. The fourth-order valence-corrected chi connectivity index (χ4v) is 3.63.